The second kappa shape index (κ2) is 9.64. The molecule has 2 fully saturated rings. The van der Waals surface area contributed by atoms with E-state index >= 15 is 0 Å². The molecule has 4 rings (SSSR count). The summed E-state index contributed by atoms with van der Waals surface area (Å²) in [5, 5.41) is 3.28. The summed E-state index contributed by atoms with van der Waals surface area (Å²) in [6.07, 6.45) is 1.09. The molecule has 2 aromatic rings. The van der Waals surface area contributed by atoms with Crippen molar-refractivity contribution in [2.24, 2.45) is 0 Å². The fraction of sp³-hybridized carbons (Fsp3) is 0.500. The second-order valence-electron chi connectivity index (χ2n) is 8.56. The fourth-order valence-electron chi connectivity index (χ4n) is 4.54. The van der Waals surface area contributed by atoms with E-state index in [9.17, 15) is 19.2 Å². The van der Waals surface area contributed by atoms with E-state index in [0.29, 0.717) is 62.6 Å². The molecule has 2 aromatic carbocycles. The third-order valence-electron chi connectivity index (χ3n) is 6.49. The summed E-state index contributed by atoms with van der Waals surface area (Å²) in [4.78, 5) is 53.9. The summed E-state index contributed by atoms with van der Waals surface area (Å²) in [6.45, 7) is 7.50. The average molecular weight is 455 g/mol. The van der Waals surface area contributed by atoms with Crippen molar-refractivity contribution in [3.63, 3.8) is 0 Å². The normalized spacial score (nSPS) is 17.3. The van der Waals surface area contributed by atoms with E-state index < -0.39 is 10.9 Å². The number of nitrogens with one attached hydrogen (secondary N) is 1. The molecule has 1 amide bonds. The minimum Gasteiger partial charge on any atom is -0.450 e. The molecule has 2 saturated heterocycles. The van der Waals surface area contributed by atoms with Crippen LogP contribution in [0.15, 0.2) is 33.9 Å². The number of hydrogen-bond donors (Lipinski definition) is 1. The van der Waals surface area contributed by atoms with Crippen LogP contribution in [-0.4, -0.2) is 68.7 Å². The second-order valence-corrected chi connectivity index (χ2v) is 8.56. The zero-order chi connectivity index (χ0) is 23.5. The number of anilines is 3. The van der Waals surface area contributed by atoms with Crippen molar-refractivity contribution in [2.75, 3.05) is 61.0 Å². The van der Waals surface area contributed by atoms with E-state index in [1.807, 2.05) is 29.2 Å². The van der Waals surface area contributed by atoms with Gasteiger partial charge in [0.25, 0.3) is 10.9 Å². The Hall–Kier alpha value is -3.36. The highest BCUT2D eigenvalue weighted by atomic mass is 16.6. The lowest BCUT2D eigenvalue weighted by molar-refractivity contribution is 0.0981. The van der Waals surface area contributed by atoms with Gasteiger partial charge < -0.3 is 24.8 Å². The zero-order valence-corrected chi connectivity index (χ0v) is 19.1. The van der Waals surface area contributed by atoms with Crippen molar-refractivity contribution in [1.82, 2.24) is 4.90 Å². The summed E-state index contributed by atoms with van der Waals surface area (Å²) < 4.78 is 5.05. The molecule has 2 aliphatic rings. The maximum Gasteiger partial charge on any atom is 0.409 e. The molecule has 0 spiro atoms. The number of amides is 1. The number of nitrogens with zero attached hydrogens (tertiary/aromatic N) is 3. The molecular formula is C24H30N4O5. The Bertz CT molecular complexity index is 1070. The molecule has 0 aliphatic carbocycles. The first kappa shape index (κ1) is 22.8. The first-order valence-electron chi connectivity index (χ1n) is 11.5. The van der Waals surface area contributed by atoms with Gasteiger partial charge in [0.2, 0.25) is 0 Å². The minimum absolute atomic E-state index is 0.0399. The standard InChI is InChI=1S/C24H30N4O5/c1-3-33-24(32)28-10-8-18(9-11-28)25-20-21(23(31)22(20)30)27-14-12-26(13-15-27)19-6-4-17(5-7-19)16(2)29/h4-7,18,25H,3,8-15H2,1-2H3. The Labute approximate surface area is 192 Å². The van der Waals surface area contributed by atoms with E-state index in [-0.39, 0.29) is 17.9 Å². The number of ketones is 1. The highest BCUT2D eigenvalue weighted by Gasteiger charge is 2.31. The highest BCUT2D eigenvalue weighted by molar-refractivity contribution is 5.94. The molecule has 9 heteroatoms. The quantitative estimate of drug-likeness (QED) is 0.522. The number of piperidine rings is 1. The van der Waals surface area contributed by atoms with Gasteiger partial charge in [0.1, 0.15) is 11.4 Å². The summed E-state index contributed by atoms with van der Waals surface area (Å²) in [7, 11) is 0. The molecular weight excluding hydrogens is 424 g/mol. The smallest absolute Gasteiger partial charge is 0.409 e. The molecule has 0 atom stereocenters. The van der Waals surface area contributed by atoms with Crippen LogP contribution < -0.4 is 26.0 Å². The van der Waals surface area contributed by atoms with Gasteiger partial charge in [-0.3, -0.25) is 14.4 Å². The number of rotatable bonds is 6. The number of hydrogen-bond acceptors (Lipinski definition) is 8. The Kier molecular flexibility index (Phi) is 6.67. The van der Waals surface area contributed by atoms with Gasteiger partial charge >= 0.3 is 6.09 Å². The largest absolute Gasteiger partial charge is 0.450 e. The first-order valence-corrected chi connectivity index (χ1v) is 11.5. The van der Waals surface area contributed by atoms with Gasteiger partial charge in [0.15, 0.2) is 5.78 Å². The lowest BCUT2D eigenvalue weighted by atomic mass is 10.0. The molecule has 0 bridgehead atoms. The van der Waals surface area contributed by atoms with Crippen LogP contribution in [0.3, 0.4) is 0 Å². The molecule has 2 aliphatic heterocycles. The molecule has 33 heavy (non-hydrogen) atoms. The van der Waals surface area contributed by atoms with E-state index in [4.69, 9.17) is 4.74 Å². The highest BCUT2D eigenvalue weighted by Crippen LogP contribution is 2.26. The predicted molar refractivity (Wildman–Crippen MR) is 127 cm³/mol. The molecule has 0 unspecified atom stereocenters. The molecule has 0 radical (unpaired) electrons. The maximum atomic E-state index is 12.4. The number of piperazine rings is 1. The van der Waals surface area contributed by atoms with Crippen molar-refractivity contribution in [3.8, 4) is 0 Å². The monoisotopic (exact) mass is 454 g/mol. The maximum absolute atomic E-state index is 12.4. The Morgan fingerprint density at radius 2 is 1.55 bits per heavy atom. The number of carbonyl (C=O) groups excluding carboxylic acids is 2. The molecule has 1 N–H and O–H groups in total. The lowest BCUT2D eigenvalue weighted by Gasteiger charge is -2.39. The molecule has 0 aromatic heterocycles. The summed E-state index contributed by atoms with van der Waals surface area (Å²) in [5.41, 5.74) is 1.73. The number of likely N-dealkylation sites (tertiary alicyclic amines) is 1. The van der Waals surface area contributed by atoms with Gasteiger partial charge in [-0.1, -0.05) is 0 Å². The van der Waals surface area contributed by atoms with Gasteiger partial charge in [-0.15, -0.1) is 0 Å². The van der Waals surface area contributed by atoms with E-state index in [2.05, 4.69) is 10.2 Å². The van der Waals surface area contributed by atoms with Gasteiger partial charge in [0, 0.05) is 56.6 Å². The first-order chi connectivity index (χ1) is 15.9. The Balaban J connectivity index is 1.34. The van der Waals surface area contributed by atoms with Crippen LogP contribution in [-0.2, 0) is 4.74 Å². The minimum atomic E-state index is -0.458. The number of ether oxygens (including phenoxy) is 1. The van der Waals surface area contributed by atoms with Gasteiger partial charge in [-0.05, 0) is 51.0 Å². The molecule has 2 heterocycles. The van der Waals surface area contributed by atoms with Gasteiger partial charge in [-0.2, -0.15) is 0 Å². The Morgan fingerprint density at radius 1 is 0.939 bits per heavy atom. The summed E-state index contributed by atoms with van der Waals surface area (Å²) in [6, 6.07) is 7.59. The van der Waals surface area contributed by atoms with E-state index in [1.54, 1.807) is 18.7 Å². The van der Waals surface area contributed by atoms with Crippen molar-refractivity contribution < 1.29 is 14.3 Å². The van der Waals surface area contributed by atoms with Crippen LogP contribution in [0.25, 0.3) is 0 Å². The topological polar surface area (TPSA) is 99.3 Å². The summed E-state index contributed by atoms with van der Waals surface area (Å²) >= 11 is 0. The zero-order valence-electron chi connectivity index (χ0n) is 19.1. The van der Waals surface area contributed by atoms with Crippen LogP contribution in [0.1, 0.15) is 37.0 Å². The third kappa shape index (κ3) is 4.72. The van der Waals surface area contributed by atoms with Crippen LogP contribution in [0, 0.1) is 0 Å². The predicted octanol–water partition coefficient (Wildman–Crippen LogP) is 1.84. The average Bonchev–Trinajstić information content (AvgIpc) is 2.84. The lowest BCUT2D eigenvalue weighted by Crippen LogP contribution is -2.52. The SMILES string of the molecule is CCOC(=O)N1CCC(Nc2c(N3CCN(c4ccc(C(C)=O)cc4)CC3)c(=O)c2=O)CC1. The van der Waals surface area contributed by atoms with Crippen LogP contribution in [0.5, 0.6) is 0 Å². The number of Topliss-reactive ketones (excluding diaryl/α,β-unsaturated/α-hetero) is 1. The van der Waals surface area contributed by atoms with E-state index in [0.717, 1.165) is 18.8 Å². The molecule has 176 valence electrons. The molecule has 0 saturated carbocycles. The number of benzene rings is 1. The van der Waals surface area contributed by atoms with Crippen LogP contribution in [0.2, 0.25) is 0 Å². The third-order valence-corrected chi connectivity index (χ3v) is 6.49. The van der Waals surface area contributed by atoms with Gasteiger partial charge in [-0.25, -0.2) is 4.79 Å². The van der Waals surface area contributed by atoms with Crippen LogP contribution in [0.4, 0.5) is 21.9 Å². The van der Waals surface area contributed by atoms with E-state index in [1.165, 1.54) is 0 Å². The number of carbonyl (C=O) groups is 2. The fourth-order valence-corrected chi connectivity index (χ4v) is 4.54. The van der Waals surface area contributed by atoms with Crippen molar-refractivity contribution in [3.05, 3.63) is 50.3 Å². The Morgan fingerprint density at radius 3 is 2.12 bits per heavy atom. The van der Waals surface area contributed by atoms with Crippen molar-refractivity contribution in [2.45, 2.75) is 32.7 Å². The van der Waals surface area contributed by atoms with Gasteiger partial charge in [0.05, 0.1) is 6.61 Å². The van der Waals surface area contributed by atoms with Crippen molar-refractivity contribution >= 4 is 28.9 Å². The van der Waals surface area contributed by atoms with Crippen LogP contribution >= 0.6 is 0 Å². The molecule has 9 nitrogen and oxygen atoms in total. The summed E-state index contributed by atoms with van der Waals surface area (Å²) in [5.74, 6) is 0.0399. The van der Waals surface area contributed by atoms with Crippen molar-refractivity contribution in [1.29, 1.82) is 0 Å².